The first-order valence-electron chi connectivity index (χ1n) is 5.57. The van der Waals surface area contributed by atoms with Gasteiger partial charge >= 0.3 is 0 Å². The van der Waals surface area contributed by atoms with Crippen molar-refractivity contribution in [2.24, 2.45) is 0 Å². The smallest absolute Gasteiger partial charge is 0.184 e. The van der Waals surface area contributed by atoms with Gasteiger partial charge in [0.15, 0.2) is 6.29 Å². The molecule has 4 heteroatoms. The van der Waals surface area contributed by atoms with Crippen LogP contribution in [0.4, 0.5) is 0 Å². The maximum absolute atomic E-state index is 5.59. The molecular formula is C13H15BrO3. The second kappa shape index (κ2) is 6.79. The molecule has 1 aromatic rings. The lowest BCUT2D eigenvalue weighted by molar-refractivity contribution is -0.0442. The van der Waals surface area contributed by atoms with Crippen molar-refractivity contribution in [3.8, 4) is 5.75 Å². The molecule has 92 valence electrons. The van der Waals surface area contributed by atoms with Crippen LogP contribution in [0.5, 0.6) is 5.75 Å². The van der Waals surface area contributed by atoms with Gasteiger partial charge in [-0.25, -0.2) is 0 Å². The van der Waals surface area contributed by atoms with Gasteiger partial charge in [-0.05, 0) is 12.1 Å². The van der Waals surface area contributed by atoms with Crippen LogP contribution in [0.1, 0.15) is 11.9 Å². The number of halogens is 1. The van der Waals surface area contributed by atoms with Crippen LogP contribution in [0.25, 0.3) is 0 Å². The van der Waals surface area contributed by atoms with Gasteiger partial charge in [-0.1, -0.05) is 40.2 Å². The van der Waals surface area contributed by atoms with Crippen molar-refractivity contribution in [2.45, 2.75) is 6.29 Å². The largest absolute Gasteiger partial charge is 0.490 e. The highest BCUT2D eigenvalue weighted by Crippen LogP contribution is 2.26. The van der Waals surface area contributed by atoms with Crippen molar-refractivity contribution in [3.63, 3.8) is 0 Å². The molecule has 1 saturated heterocycles. The van der Waals surface area contributed by atoms with Crippen LogP contribution in [-0.2, 0) is 9.47 Å². The number of allylic oxidation sites excluding steroid dienone is 1. The SMILES string of the molecule is BrCC=CCOc1cccc(C2OCCO2)c1. The standard InChI is InChI=1S/C13H15BrO3/c14-6-1-2-7-15-12-5-3-4-11(10-12)13-16-8-9-17-13/h1-5,10,13H,6-9H2. The molecule has 17 heavy (non-hydrogen) atoms. The number of alkyl halides is 1. The van der Waals surface area contributed by atoms with Gasteiger partial charge in [0.05, 0.1) is 13.2 Å². The normalized spacial score (nSPS) is 16.8. The summed E-state index contributed by atoms with van der Waals surface area (Å²) in [6, 6.07) is 7.82. The van der Waals surface area contributed by atoms with Crippen molar-refractivity contribution in [2.75, 3.05) is 25.2 Å². The highest BCUT2D eigenvalue weighted by atomic mass is 79.9. The van der Waals surface area contributed by atoms with Crippen molar-refractivity contribution in [3.05, 3.63) is 42.0 Å². The number of ether oxygens (including phenoxy) is 3. The summed E-state index contributed by atoms with van der Waals surface area (Å²) in [7, 11) is 0. The van der Waals surface area contributed by atoms with Gasteiger partial charge in [0, 0.05) is 10.9 Å². The van der Waals surface area contributed by atoms with Crippen molar-refractivity contribution < 1.29 is 14.2 Å². The van der Waals surface area contributed by atoms with Gasteiger partial charge in [-0.3, -0.25) is 0 Å². The first-order valence-corrected chi connectivity index (χ1v) is 6.69. The molecule has 1 aliphatic rings. The van der Waals surface area contributed by atoms with E-state index in [1.807, 2.05) is 36.4 Å². The fraction of sp³-hybridized carbons (Fsp3) is 0.385. The Morgan fingerprint density at radius 3 is 2.88 bits per heavy atom. The predicted molar refractivity (Wildman–Crippen MR) is 69.5 cm³/mol. The summed E-state index contributed by atoms with van der Waals surface area (Å²) < 4.78 is 16.5. The van der Waals surface area contributed by atoms with E-state index in [-0.39, 0.29) is 6.29 Å². The second-order valence-corrected chi connectivity index (χ2v) is 4.23. The summed E-state index contributed by atoms with van der Waals surface area (Å²) in [6.45, 7) is 1.88. The van der Waals surface area contributed by atoms with Crippen molar-refractivity contribution in [1.29, 1.82) is 0 Å². The molecule has 2 rings (SSSR count). The lowest BCUT2D eigenvalue weighted by atomic mass is 10.2. The minimum Gasteiger partial charge on any atom is -0.490 e. The highest BCUT2D eigenvalue weighted by Gasteiger charge is 2.18. The Bertz CT molecular complexity index is 373. The quantitative estimate of drug-likeness (QED) is 0.618. The van der Waals surface area contributed by atoms with Gasteiger partial charge in [-0.2, -0.15) is 0 Å². The van der Waals surface area contributed by atoms with Gasteiger partial charge in [0.1, 0.15) is 12.4 Å². The Morgan fingerprint density at radius 2 is 2.12 bits per heavy atom. The molecule has 0 N–H and O–H groups in total. The van der Waals surface area contributed by atoms with Gasteiger partial charge < -0.3 is 14.2 Å². The molecule has 0 saturated carbocycles. The number of benzene rings is 1. The zero-order chi connectivity index (χ0) is 11.9. The Morgan fingerprint density at radius 1 is 1.29 bits per heavy atom. The van der Waals surface area contributed by atoms with Crippen molar-refractivity contribution >= 4 is 15.9 Å². The Hall–Kier alpha value is -0.840. The first-order chi connectivity index (χ1) is 8.40. The van der Waals surface area contributed by atoms with E-state index in [0.717, 1.165) is 16.6 Å². The van der Waals surface area contributed by atoms with E-state index in [0.29, 0.717) is 19.8 Å². The van der Waals surface area contributed by atoms with Crippen LogP contribution in [-0.4, -0.2) is 25.2 Å². The Kier molecular flexibility index (Phi) is 5.04. The third-order valence-electron chi connectivity index (χ3n) is 2.35. The van der Waals surface area contributed by atoms with E-state index in [9.17, 15) is 0 Å². The minimum absolute atomic E-state index is 0.239. The molecule has 3 nitrogen and oxygen atoms in total. The minimum atomic E-state index is -0.239. The molecule has 0 amide bonds. The van der Waals surface area contributed by atoms with Gasteiger partial charge in [0.2, 0.25) is 0 Å². The van der Waals surface area contributed by atoms with Gasteiger partial charge in [0.25, 0.3) is 0 Å². The highest BCUT2D eigenvalue weighted by molar-refractivity contribution is 9.09. The third-order valence-corrected chi connectivity index (χ3v) is 2.73. The Labute approximate surface area is 109 Å². The fourth-order valence-corrected chi connectivity index (χ4v) is 1.84. The zero-order valence-corrected chi connectivity index (χ0v) is 11.1. The molecule has 0 atom stereocenters. The predicted octanol–water partition coefficient (Wildman–Crippen LogP) is 3.06. The molecular weight excluding hydrogens is 284 g/mol. The summed E-state index contributed by atoms with van der Waals surface area (Å²) in [4.78, 5) is 0. The van der Waals surface area contributed by atoms with Crippen LogP contribution in [0.3, 0.4) is 0 Å². The van der Waals surface area contributed by atoms with E-state index in [4.69, 9.17) is 14.2 Å². The molecule has 1 fully saturated rings. The van der Waals surface area contributed by atoms with Gasteiger partial charge in [-0.15, -0.1) is 0 Å². The number of rotatable bonds is 5. The summed E-state index contributed by atoms with van der Waals surface area (Å²) in [5.74, 6) is 0.834. The summed E-state index contributed by atoms with van der Waals surface area (Å²) in [6.07, 6.45) is 3.74. The molecule has 0 aliphatic carbocycles. The summed E-state index contributed by atoms with van der Waals surface area (Å²) >= 11 is 3.32. The zero-order valence-electron chi connectivity index (χ0n) is 9.47. The average Bonchev–Trinajstić information content (AvgIpc) is 2.89. The monoisotopic (exact) mass is 298 g/mol. The lowest BCUT2D eigenvalue weighted by Gasteiger charge is -2.11. The molecule has 0 unspecified atom stereocenters. The van der Waals surface area contributed by atoms with Crippen molar-refractivity contribution in [1.82, 2.24) is 0 Å². The van der Waals surface area contributed by atoms with Crippen LogP contribution < -0.4 is 4.74 Å². The molecule has 0 radical (unpaired) electrons. The van der Waals surface area contributed by atoms with E-state index < -0.39 is 0 Å². The number of hydrogen-bond acceptors (Lipinski definition) is 3. The maximum atomic E-state index is 5.59. The summed E-state index contributed by atoms with van der Waals surface area (Å²) in [5, 5.41) is 0.847. The number of hydrogen-bond donors (Lipinski definition) is 0. The van der Waals surface area contributed by atoms with E-state index in [1.165, 1.54) is 0 Å². The molecule has 1 aliphatic heterocycles. The summed E-state index contributed by atoms with van der Waals surface area (Å²) in [5.41, 5.74) is 1.00. The molecule has 0 spiro atoms. The van der Waals surface area contributed by atoms with E-state index >= 15 is 0 Å². The van der Waals surface area contributed by atoms with Crippen LogP contribution in [0.2, 0.25) is 0 Å². The molecule has 0 aromatic heterocycles. The topological polar surface area (TPSA) is 27.7 Å². The third kappa shape index (κ3) is 3.84. The van der Waals surface area contributed by atoms with Crippen LogP contribution in [0.15, 0.2) is 36.4 Å². The molecule has 1 heterocycles. The van der Waals surface area contributed by atoms with Crippen LogP contribution in [0, 0.1) is 0 Å². The first kappa shape index (κ1) is 12.6. The fourth-order valence-electron chi connectivity index (χ4n) is 1.58. The van der Waals surface area contributed by atoms with E-state index in [1.54, 1.807) is 0 Å². The molecule has 1 aromatic carbocycles. The van der Waals surface area contributed by atoms with Crippen LogP contribution >= 0.6 is 15.9 Å². The lowest BCUT2D eigenvalue weighted by Crippen LogP contribution is -1.99. The molecule has 0 bridgehead atoms. The Balaban J connectivity index is 1.93. The maximum Gasteiger partial charge on any atom is 0.184 e. The van der Waals surface area contributed by atoms with E-state index in [2.05, 4.69) is 15.9 Å². The average molecular weight is 299 g/mol. The second-order valence-electron chi connectivity index (χ2n) is 3.58.